The van der Waals surface area contributed by atoms with Gasteiger partial charge in [0.25, 0.3) is 5.91 Å². The molecule has 24 heavy (non-hydrogen) atoms. The van der Waals surface area contributed by atoms with E-state index >= 15 is 0 Å². The predicted octanol–water partition coefficient (Wildman–Crippen LogP) is 2.65. The molecule has 2 aromatic rings. The molecule has 2 heterocycles. The quantitative estimate of drug-likeness (QED) is 0.918. The average Bonchev–Trinajstić information content (AvgIpc) is 2.60. The fourth-order valence-corrected chi connectivity index (χ4v) is 2.98. The van der Waals surface area contributed by atoms with Crippen LogP contribution in [0.1, 0.15) is 22.3 Å². The molecule has 1 aliphatic heterocycles. The first-order chi connectivity index (χ1) is 11.6. The van der Waals surface area contributed by atoms with Crippen molar-refractivity contribution in [2.45, 2.75) is 12.8 Å². The van der Waals surface area contributed by atoms with E-state index in [1.165, 1.54) is 5.56 Å². The Hall–Kier alpha value is -2.40. The summed E-state index contributed by atoms with van der Waals surface area (Å²) in [6.07, 6.45) is 5.44. The van der Waals surface area contributed by atoms with Gasteiger partial charge in [-0.05, 0) is 44.6 Å². The molecule has 0 saturated heterocycles. The number of carbonyl (C=O) groups is 1. The lowest BCUT2D eigenvalue weighted by atomic mass is 10.0. The smallest absolute Gasteiger partial charge is 0.259 e. The van der Waals surface area contributed by atoms with Gasteiger partial charge in [0.15, 0.2) is 0 Å². The molecule has 1 aromatic carbocycles. The summed E-state index contributed by atoms with van der Waals surface area (Å²) >= 11 is 0. The Kier molecular flexibility index (Phi) is 5.11. The van der Waals surface area contributed by atoms with Crippen LogP contribution in [0.3, 0.4) is 0 Å². The molecule has 126 valence electrons. The van der Waals surface area contributed by atoms with Crippen LogP contribution in [-0.4, -0.2) is 49.5 Å². The molecule has 0 bridgehead atoms. The van der Waals surface area contributed by atoms with Gasteiger partial charge in [0.2, 0.25) is 0 Å². The zero-order chi connectivity index (χ0) is 16.9. The Bertz CT molecular complexity index is 714. The van der Waals surface area contributed by atoms with Crippen LogP contribution in [-0.2, 0) is 6.42 Å². The van der Waals surface area contributed by atoms with E-state index in [2.05, 4.69) is 21.3 Å². The van der Waals surface area contributed by atoms with E-state index in [0.717, 1.165) is 43.9 Å². The number of aryl methyl sites for hydroxylation is 1. The number of amides is 1. The summed E-state index contributed by atoms with van der Waals surface area (Å²) in [6.45, 7) is 2.50. The number of fused-ring (bicyclic) bond motifs is 1. The Morgan fingerprint density at radius 3 is 2.96 bits per heavy atom. The number of hydrogen-bond acceptors (Lipinski definition) is 4. The zero-order valence-electron chi connectivity index (χ0n) is 14.3. The molecule has 3 rings (SSSR count). The topological polar surface area (TPSA) is 48.5 Å². The SMILES string of the molecule is CN(C)CCNc1cncc(C(=O)N2CCCc3ccccc32)c1. The highest BCUT2D eigenvalue weighted by atomic mass is 16.2. The summed E-state index contributed by atoms with van der Waals surface area (Å²) in [4.78, 5) is 21.2. The van der Waals surface area contributed by atoms with Gasteiger partial charge in [-0.25, -0.2) is 0 Å². The number of carbonyl (C=O) groups excluding carboxylic acids is 1. The van der Waals surface area contributed by atoms with Crippen LogP contribution >= 0.6 is 0 Å². The van der Waals surface area contributed by atoms with Crippen molar-refractivity contribution >= 4 is 17.3 Å². The third-order valence-electron chi connectivity index (χ3n) is 4.23. The molecule has 0 spiro atoms. The Morgan fingerprint density at radius 2 is 2.12 bits per heavy atom. The van der Waals surface area contributed by atoms with E-state index in [1.807, 2.05) is 43.3 Å². The van der Waals surface area contributed by atoms with Gasteiger partial charge in [-0.3, -0.25) is 9.78 Å². The molecule has 0 aliphatic carbocycles. The second-order valence-corrected chi connectivity index (χ2v) is 6.38. The first kappa shape index (κ1) is 16.5. The molecule has 0 fully saturated rings. The third kappa shape index (κ3) is 3.74. The van der Waals surface area contributed by atoms with Crippen LogP contribution in [0.2, 0.25) is 0 Å². The fraction of sp³-hybridized carbons (Fsp3) is 0.368. The van der Waals surface area contributed by atoms with Gasteiger partial charge in [0.05, 0.1) is 11.3 Å². The molecule has 1 N–H and O–H groups in total. The maximum Gasteiger partial charge on any atom is 0.259 e. The molecule has 1 aromatic heterocycles. The summed E-state index contributed by atoms with van der Waals surface area (Å²) in [5.41, 5.74) is 3.78. The van der Waals surface area contributed by atoms with Gasteiger partial charge in [0.1, 0.15) is 0 Å². The molecule has 5 nitrogen and oxygen atoms in total. The highest BCUT2D eigenvalue weighted by Gasteiger charge is 2.23. The maximum atomic E-state index is 12.9. The molecule has 5 heteroatoms. The van der Waals surface area contributed by atoms with Crippen molar-refractivity contribution < 1.29 is 4.79 Å². The zero-order valence-corrected chi connectivity index (χ0v) is 14.3. The molecule has 0 unspecified atom stereocenters. The van der Waals surface area contributed by atoms with Crippen molar-refractivity contribution in [1.82, 2.24) is 9.88 Å². The Labute approximate surface area is 143 Å². The minimum absolute atomic E-state index is 0.0194. The highest BCUT2D eigenvalue weighted by molar-refractivity contribution is 6.07. The Balaban J connectivity index is 1.76. The second kappa shape index (κ2) is 7.45. The molecule has 0 atom stereocenters. The largest absolute Gasteiger partial charge is 0.382 e. The third-order valence-corrected chi connectivity index (χ3v) is 4.23. The van der Waals surface area contributed by atoms with Gasteiger partial charge in [-0.15, -0.1) is 0 Å². The second-order valence-electron chi connectivity index (χ2n) is 6.38. The van der Waals surface area contributed by atoms with Crippen molar-refractivity contribution in [2.24, 2.45) is 0 Å². The van der Waals surface area contributed by atoms with Gasteiger partial charge in [0, 0.05) is 37.7 Å². The molecular weight excluding hydrogens is 300 g/mol. The summed E-state index contributed by atoms with van der Waals surface area (Å²) in [5, 5.41) is 3.32. The minimum atomic E-state index is 0.0194. The lowest BCUT2D eigenvalue weighted by Crippen LogP contribution is -2.35. The molecular formula is C19H24N4O. The van der Waals surface area contributed by atoms with Crippen molar-refractivity contribution in [3.8, 4) is 0 Å². The first-order valence-corrected chi connectivity index (χ1v) is 8.38. The lowest BCUT2D eigenvalue weighted by molar-refractivity contribution is 0.0985. The number of hydrogen-bond donors (Lipinski definition) is 1. The molecule has 0 radical (unpaired) electrons. The van der Waals surface area contributed by atoms with E-state index in [4.69, 9.17) is 0 Å². The highest BCUT2D eigenvalue weighted by Crippen LogP contribution is 2.28. The van der Waals surface area contributed by atoms with E-state index in [1.54, 1.807) is 12.4 Å². The van der Waals surface area contributed by atoms with E-state index in [0.29, 0.717) is 5.56 Å². The van der Waals surface area contributed by atoms with Crippen LogP contribution in [0.5, 0.6) is 0 Å². The monoisotopic (exact) mass is 324 g/mol. The number of benzene rings is 1. The summed E-state index contributed by atoms with van der Waals surface area (Å²) in [6, 6.07) is 10.0. The molecule has 1 amide bonds. The normalized spacial score (nSPS) is 13.7. The maximum absolute atomic E-state index is 12.9. The first-order valence-electron chi connectivity index (χ1n) is 8.38. The number of rotatable bonds is 5. The van der Waals surface area contributed by atoms with Crippen LogP contribution in [0.4, 0.5) is 11.4 Å². The van der Waals surface area contributed by atoms with E-state index in [9.17, 15) is 4.79 Å². The number of aromatic nitrogens is 1. The standard InChI is InChI=1S/C19H24N4O/c1-22(2)11-9-21-17-12-16(13-20-14-17)19(24)23-10-5-7-15-6-3-4-8-18(15)23/h3-4,6,8,12-14,21H,5,7,9-11H2,1-2H3. The van der Waals surface area contributed by atoms with E-state index < -0.39 is 0 Å². The Morgan fingerprint density at radius 1 is 1.29 bits per heavy atom. The van der Waals surface area contributed by atoms with Gasteiger partial charge in [-0.1, -0.05) is 18.2 Å². The minimum Gasteiger partial charge on any atom is -0.382 e. The average molecular weight is 324 g/mol. The van der Waals surface area contributed by atoms with Crippen molar-refractivity contribution in [2.75, 3.05) is 43.9 Å². The van der Waals surface area contributed by atoms with Crippen LogP contribution in [0.25, 0.3) is 0 Å². The number of para-hydroxylation sites is 1. The van der Waals surface area contributed by atoms with Crippen LogP contribution in [0, 0.1) is 0 Å². The predicted molar refractivity (Wildman–Crippen MR) is 97.7 cm³/mol. The van der Waals surface area contributed by atoms with Crippen molar-refractivity contribution in [3.05, 3.63) is 53.9 Å². The van der Waals surface area contributed by atoms with Crippen LogP contribution in [0.15, 0.2) is 42.7 Å². The number of pyridine rings is 1. The number of nitrogens with one attached hydrogen (secondary N) is 1. The van der Waals surface area contributed by atoms with Crippen LogP contribution < -0.4 is 10.2 Å². The van der Waals surface area contributed by atoms with E-state index in [-0.39, 0.29) is 5.91 Å². The summed E-state index contributed by atoms with van der Waals surface area (Å²) in [5.74, 6) is 0.0194. The van der Waals surface area contributed by atoms with Crippen molar-refractivity contribution in [1.29, 1.82) is 0 Å². The summed E-state index contributed by atoms with van der Waals surface area (Å²) < 4.78 is 0. The number of anilines is 2. The van der Waals surface area contributed by atoms with Gasteiger partial charge in [-0.2, -0.15) is 0 Å². The van der Waals surface area contributed by atoms with Gasteiger partial charge < -0.3 is 15.1 Å². The van der Waals surface area contributed by atoms with Crippen molar-refractivity contribution in [3.63, 3.8) is 0 Å². The van der Waals surface area contributed by atoms with Gasteiger partial charge >= 0.3 is 0 Å². The molecule has 1 aliphatic rings. The lowest BCUT2D eigenvalue weighted by Gasteiger charge is -2.29. The number of nitrogens with zero attached hydrogens (tertiary/aromatic N) is 3. The number of likely N-dealkylation sites (N-methyl/N-ethyl adjacent to an activating group) is 1. The fourth-order valence-electron chi connectivity index (χ4n) is 2.98. The summed E-state index contributed by atoms with van der Waals surface area (Å²) in [7, 11) is 4.07. The molecule has 0 saturated carbocycles.